The van der Waals surface area contributed by atoms with Gasteiger partial charge in [0.15, 0.2) is 17.3 Å². The van der Waals surface area contributed by atoms with E-state index < -0.39 is 0 Å². The second-order valence-electron chi connectivity index (χ2n) is 7.86. The molecule has 1 saturated heterocycles. The average molecular weight is 433 g/mol. The molecule has 2 atom stereocenters. The third kappa shape index (κ3) is 3.79. The average Bonchev–Trinajstić information content (AvgIpc) is 3.23. The molecule has 1 aliphatic heterocycles. The predicted octanol–water partition coefficient (Wildman–Crippen LogP) is 5.35. The number of fused-ring (bicyclic) bond motifs is 1. The number of benzene rings is 2. The number of likely N-dealkylation sites (tertiary alicyclic amines) is 1. The lowest BCUT2D eigenvalue weighted by molar-refractivity contribution is 0.0598. The fourth-order valence-electron chi connectivity index (χ4n) is 4.14. The van der Waals surface area contributed by atoms with Crippen molar-refractivity contribution in [1.82, 2.24) is 19.9 Å². The molecule has 0 spiro atoms. The molecule has 0 saturated carbocycles. The molecule has 1 unspecified atom stereocenters. The number of aromatic nitrogens is 3. The van der Waals surface area contributed by atoms with Crippen molar-refractivity contribution in [3.63, 3.8) is 0 Å². The second kappa shape index (κ2) is 8.12. The minimum absolute atomic E-state index is 0.0283. The van der Waals surface area contributed by atoms with Crippen LogP contribution in [0.2, 0.25) is 5.02 Å². The van der Waals surface area contributed by atoms with Crippen LogP contribution in [-0.4, -0.2) is 38.3 Å². The first-order chi connectivity index (χ1) is 15.1. The molecule has 7 heteroatoms. The van der Waals surface area contributed by atoms with Crippen molar-refractivity contribution in [1.29, 1.82) is 0 Å². The Morgan fingerprint density at radius 2 is 1.90 bits per heavy atom. The number of carbonyl (C=O) groups excluding carboxylic acids is 1. The molecule has 1 amide bonds. The Morgan fingerprint density at radius 3 is 2.74 bits per heavy atom. The first kappa shape index (κ1) is 19.7. The fraction of sp³-hybridized carbons (Fsp3) is 0.250. The number of oxazole rings is 1. The molecule has 0 aliphatic carbocycles. The van der Waals surface area contributed by atoms with E-state index in [0.29, 0.717) is 34.4 Å². The summed E-state index contributed by atoms with van der Waals surface area (Å²) in [5, 5.41) is 0.626. The van der Waals surface area contributed by atoms with Gasteiger partial charge in [0.1, 0.15) is 5.52 Å². The molecule has 0 bridgehead atoms. The second-order valence-corrected chi connectivity index (χ2v) is 8.30. The Kier molecular flexibility index (Phi) is 5.16. The summed E-state index contributed by atoms with van der Waals surface area (Å²) in [4.78, 5) is 28.8. The Balaban J connectivity index is 1.45. The van der Waals surface area contributed by atoms with Crippen molar-refractivity contribution < 1.29 is 9.21 Å². The van der Waals surface area contributed by atoms with E-state index in [1.807, 2.05) is 35.2 Å². The molecule has 156 valence electrons. The summed E-state index contributed by atoms with van der Waals surface area (Å²) in [5.74, 6) is 1.20. The van der Waals surface area contributed by atoms with Crippen LogP contribution in [0, 0.1) is 0 Å². The monoisotopic (exact) mass is 432 g/mol. The zero-order valence-electron chi connectivity index (χ0n) is 17.0. The number of piperidine rings is 1. The van der Waals surface area contributed by atoms with E-state index in [1.54, 1.807) is 30.6 Å². The topological polar surface area (TPSA) is 72.1 Å². The summed E-state index contributed by atoms with van der Waals surface area (Å²) in [6.07, 6.45) is 5.15. The number of hydrogen-bond acceptors (Lipinski definition) is 5. The maximum atomic E-state index is 13.6. The van der Waals surface area contributed by atoms with Gasteiger partial charge >= 0.3 is 0 Å². The quantitative estimate of drug-likeness (QED) is 0.436. The van der Waals surface area contributed by atoms with Crippen LogP contribution in [0.5, 0.6) is 0 Å². The summed E-state index contributed by atoms with van der Waals surface area (Å²) < 4.78 is 6.00. The summed E-state index contributed by atoms with van der Waals surface area (Å²) in [7, 11) is 0. The standard InChI is InChI=1S/C24H21ClN4O2/c1-15-7-8-16(23-28-20-13-17(25)9-10-21(20)31-23)14-29(15)24(30)19-6-3-2-5-18(19)22-26-11-4-12-27-22/h2-6,9-13,15-16H,7-8,14H2,1H3/t15-,16?/m1/s1. The third-order valence-corrected chi connectivity index (χ3v) is 6.06. The van der Waals surface area contributed by atoms with Crippen molar-refractivity contribution in [3.8, 4) is 11.4 Å². The predicted molar refractivity (Wildman–Crippen MR) is 119 cm³/mol. The van der Waals surface area contributed by atoms with E-state index in [-0.39, 0.29) is 17.9 Å². The lowest BCUT2D eigenvalue weighted by Crippen LogP contribution is -2.45. The van der Waals surface area contributed by atoms with E-state index >= 15 is 0 Å². The number of amides is 1. The molecule has 0 N–H and O–H groups in total. The molecule has 6 nitrogen and oxygen atoms in total. The fourth-order valence-corrected chi connectivity index (χ4v) is 4.31. The third-order valence-electron chi connectivity index (χ3n) is 5.82. The molecule has 1 aliphatic rings. The molecular weight excluding hydrogens is 412 g/mol. The molecule has 3 heterocycles. The molecule has 31 heavy (non-hydrogen) atoms. The first-order valence-corrected chi connectivity index (χ1v) is 10.7. The van der Waals surface area contributed by atoms with Gasteiger partial charge in [-0.1, -0.05) is 29.8 Å². The molecule has 5 rings (SSSR count). The van der Waals surface area contributed by atoms with Gasteiger partial charge in [-0.2, -0.15) is 0 Å². The van der Waals surface area contributed by atoms with Crippen LogP contribution in [0.4, 0.5) is 0 Å². The lowest BCUT2D eigenvalue weighted by Gasteiger charge is -2.37. The molecule has 2 aromatic heterocycles. The van der Waals surface area contributed by atoms with Gasteiger partial charge < -0.3 is 9.32 Å². The maximum Gasteiger partial charge on any atom is 0.254 e. The molecule has 0 radical (unpaired) electrons. The zero-order valence-corrected chi connectivity index (χ0v) is 17.8. The minimum atomic E-state index is -0.0283. The Labute approximate surface area is 184 Å². The smallest absolute Gasteiger partial charge is 0.254 e. The van der Waals surface area contributed by atoms with Crippen molar-refractivity contribution in [2.75, 3.05) is 6.54 Å². The van der Waals surface area contributed by atoms with Gasteiger partial charge in [-0.25, -0.2) is 15.0 Å². The van der Waals surface area contributed by atoms with E-state index in [2.05, 4.69) is 21.9 Å². The summed E-state index contributed by atoms with van der Waals surface area (Å²) >= 11 is 6.09. The molecular formula is C24H21ClN4O2. The maximum absolute atomic E-state index is 13.6. The number of rotatable bonds is 3. The highest BCUT2D eigenvalue weighted by atomic mass is 35.5. The van der Waals surface area contributed by atoms with E-state index in [4.69, 9.17) is 16.0 Å². The number of halogens is 1. The highest BCUT2D eigenvalue weighted by molar-refractivity contribution is 6.31. The molecule has 2 aromatic carbocycles. The van der Waals surface area contributed by atoms with Gasteiger partial charge in [-0.05, 0) is 50.1 Å². The van der Waals surface area contributed by atoms with Gasteiger partial charge in [0.05, 0.1) is 11.5 Å². The highest BCUT2D eigenvalue weighted by Gasteiger charge is 2.33. The summed E-state index contributed by atoms with van der Waals surface area (Å²) in [5.41, 5.74) is 2.79. The Morgan fingerprint density at radius 1 is 1.10 bits per heavy atom. The zero-order chi connectivity index (χ0) is 21.4. The Hall–Kier alpha value is -3.25. The van der Waals surface area contributed by atoms with Crippen molar-refractivity contribution in [3.05, 3.63) is 77.4 Å². The van der Waals surface area contributed by atoms with E-state index in [0.717, 1.165) is 23.9 Å². The summed E-state index contributed by atoms with van der Waals surface area (Å²) in [6.45, 7) is 2.63. The number of carbonyl (C=O) groups is 1. The van der Waals surface area contributed by atoms with Crippen molar-refractivity contribution in [2.24, 2.45) is 0 Å². The van der Waals surface area contributed by atoms with Crippen molar-refractivity contribution in [2.45, 2.75) is 31.7 Å². The molecule has 1 fully saturated rings. The largest absolute Gasteiger partial charge is 0.440 e. The SMILES string of the molecule is C[C@@H]1CCC(c2nc3cc(Cl)ccc3o2)CN1C(=O)c1ccccc1-c1ncccn1. The van der Waals surface area contributed by atoms with Crippen LogP contribution in [0.3, 0.4) is 0 Å². The van der Waals surface area contributed by atoms with Crippen molar-refractivity contribution >= 4 is 28.6 Å². The van der Waals surface area contributed by atoms with Crippen LogP contribution < -0.4 is 0 Å². The van der Waals surface area contributed by atoms with Crippen LogP contribution >= 0.6 is 11.6 Å². The van der Waals surface area contributed by atoms with Gasteiger partial charge in [0.25, 0.3) is 5.91 Å². The van der Waals surface area contributed by atoms with Gasteiger partial charge in [0, 0.05) is 35.6 Å². The van der Waals surface area contributed by atoms with Gasteiger partial charge in [0.2, 0.25) is 0 Å². The van der Waals surface area contributed by atoms with E-state index in [1.165, 1.54) is 0 Å². The number of nitrogens with zero attached hydrogens (tertiary/aromatic N) is 4. The van der Waals surface area contributed by atoms with Crippen LogP contribution in [0.25, 0.3) is 22.5 Å². The number of hydrogen-bond donors (Lipinski definition) is 0. The van der Waals surface area contributed by atoms with Gasteiger partial charge in [-0.15, -0.1) is 0 Å². The van der Waals surface area contributed by atoms with E-state index in [9.17, 15) is 4.79 Å². The van der Waals surface area contributed by atoms with Crippen LogP contribution in [0.1, 0.15) is 41.9 Å². The molecule has 4 aromatic rings. The van der Waals surface area contributed by atoms with Crippen LogP contribution in [0.15, 0.2) is 65.3 Å². The minimum Gasteiger partial charge on any atom is -0.440 e. The Bertz CT molecular complexity index is 1240. The lowest BCUT2D eigenvalue weighted by atomic mass is 9.92. The van der Waals surface area contributed by atoms with Crippen LogP contribution in [-0.2, 0) is 0 Å². The highest BCUT2D eigenvalue weighted by Crippen LogP contribution is 2.33. The normalized spacial score (nSPS) is 19.0. The van der Waals surface area contributed by atoms with Gasteiger partial charge in [-0.3, -0.25) is 4.79 Å². The first-order valence-electron chi connectivity index (χ1n) is 10.3. The summed E-state index contributed by atoms with van der Waals surface area (Å²) in [6, 6.07) is 14.8.